The molecule has 0 unspecified atom stereocenters. The highest BCUT2D eigenvalue weighted by atomic mass is 32.1. The molecule has 6 heteroatoms. The van der Waals surface area contributed by atoms with Crippen molar-refractivity contribution in [3.8, 4) is 10.7 Å². The van der Waals surface area contributed by atoms with Gasteiger partial charge in [0.25, 0.3) is 0 Å². The average Bonchev–Trinajstić information content (AvgIpc) is 2.88. The molecule has 2 heterocycles. The van der Waals surface area contributed by atoms with Crippen molar-refractivity contribution >= 4 is 11.3 Å². The van der Waals surface area contributed by atoms with Gasteiger partial charge in [0.05, 0.1) is 15.8 Å². The largest absolute Gasteiger partial charge is 0.338 e. The molecule has 15 heavy (non-hydrogen) atoms. The van der Waals surface area contributed by atoms with Gasteiger partial charge in [0.2, 0.25) is 11.7 Å². The normalized spacial score (nSPS) is 11.9. The third kappa shape index (κ3) is 1.91. The van der Waals surface area contributed by atoms with E-state index in [0.29, 0.717) is 18.3 Å². The zero-order chi connectivity index (χ0) is 10.9. The van der Waals surface area contributed by atoms with E-state index in [2.05, 4.69) is 15.1 Å². The van der Waals surface area contributed by atoms with Crippen molar-refractivity contribution in [3.63, 3.8) is 0 Å². The second-order valence-electron chi connectivity index (χ2n) is 3.88. The first kappa shape index (κ1) is 10.3. The maximum atomic E-state index is 5.63. The van der Waals surface area contributed by atoms with Crippen LogP contribution in [0.3, 0.4) is 0 Å². The third-order valence-corrected chi connectivity index (χ3v) is 2.94. The molecule has 0 aliphatic carbocycles. The third-order valence-electron chi connectivity index (χ3n) is 2.17. The molecule has 5 nitrogen and oxygen atoms in total. The van der Waals surface area contributed by atoms with Crippen molar-refractivity contribution in [2.45, 2.75) is 19.3 Å². The van der Waals surface area contributed by atoms with Crippen molar-refractivity contribution in [1.82, 2.24) is 15.1 Å². The molecule has 0 saturated heterocycles. The van der Waals surface area contributed by atoms with Gasteiger partial charge in [0.15, 0.2) is 0 Å². The summed E-state index contributed by atoms with van der Waals surface area (Å²) in [5.41, 5.74) is 7.08. The first-order valence-electron chi connectivity index (χ1n) is 4.56. The molecule has 0 radical (unpaired) electrons. The molecule has 2 rings (SSSR count). The van der Waals surface area contributed by atoms with E-state index in [0.717, 1.165) is 4.88 Å². The molecule has 0 saturated carbocycles. The summed E-state index contributed by atoms with van der Waals surface area (Å²) in [5, 5.41) is 3.90. The molecule has 0 fully saturated rings. The molecule has 0 spiro atoms. The number of hydrogen-bond acceptors (Lipinski definition) is 6. The van der Waals surface area contributed by atoms with Crippen LogP contribution < -0.4 is 5.73 Å². The molecular weight excluding hydrogens is 212 g/mol. The van der Waals surface area contributed by atoms with Crippen LogP contribution in [0.15, 0.2) is 16.2 Å². The molecule has 2 aromatic heterocycles. The summed E-state index contributed by atoms with van der Waals surface area (Å²) >= 11 is 1.48. The quantitative estimate of drug-likeness (QED) is 0.853. The summed E-state index contributed by atoms with van der Waals surface area (Å²) in [6.07, 6.45) is 1.72. The fraction of sp³-hybridized carbons (Fsp3) is 0.444. The molecule has 0 amide bonds. The summed E-state index contributed by atoms with van der Waals surface area (Å²) in [7, 11) is 0. The first-order chi connectivity index (χ1) is 7.13. The van der Waals surface area contributed by atoms with Crippen molar-refractivity contribution in [3.05, 3.63) is 17.6 Å². The maximum absolute atomic E-state index is 5.63. The highest BCUT2D eigenvalue weighted by Gasteiger charge is 2.26. The number of nitrogens with zero attached hydrogens (tertiary/aromatic N) is 3. The van der Waals surface area contributed by atoms with Gasteiger partial charge in [0.1, 0.15) is 0 Å². The molecule has 2 aromatic rings. The molecule has 0 aromatic carbocycles. The first-order valence-corrected chi connectivity index (χ1v) is 5.44. The summed E-state index contributed by atoms with van der Waals surface area (Å²) in [5.74, 6) is 1.14. The van der Waals surface area contributed by atoms with E-state index in [9.17, 15) is 0 Å². The fourth-order valence-corrected chi connectivity index (χ4v) is 1.56. The van der Waals surface area contributed by atoms with Crippen LogP contribution >= 0.6 is 11.3 Å². The molecule has 0 aliphatic rings. The second kappa shape index (κ2) is 3.71. The number of rotatable bonds is 3. The van der Waals surface area contributed by atoms with Crippen LogP contribution in [0, 0.1) is 0 Å². The minimum absolute atomic E-state index is 0.282. The summed E-state index contributed by atoms with van der Waals surface area (Å²) in [6, 6.07) is 0. The SMILES string of the molecule is CC(C)(CN)c1nc(-c2cncs2)no1. The molecule has 0 bridgehead atoms. The molecule has 80 valence electrons. The maximum Gasteiger partial charge on any atom is 0.233 e. The minimum Gasteiger partial charge on any atom is -0.338 e. The van der Waals surface area contributed by atoms with Crippen LogP contribution in [0.5, 0.6) is 0 Å². The van der Waals surface area contributed by atoms with E-state index in [1.165, 1.54) is 11.3 Å². The Labute approximate surface area is 91.3 Å². The topological polar surface area (TPSA) is 77.8 Å². The zero-order valence-corrected chi connectivity index (χ0v) is 9.41. The Balaban J connectivity index is 2.33. The van der Waals surface area contributed by atoms with Crippen molar-refractivity contribution < 1.29 is 4.52 Å². The van der Waals surface area contributed by atoms with Crippen LogP contribution in [0.4, 0.5) is 0 Å². The average molecular weight is 224 g/mol. The monoisotopic (exact) mass is 224 g/mol. The number of nitrogens with two attached hydrogens (primary N) is 1. The Kier molecular flexibility index (Phi) is 2.54. The smallest absolute Gasteiger partial charge is 0.233 e. The van der Waals surface area contributed by atoms with Crippen LogP contribution in [0.25, 0.3) is 10.7 Å². The zero-order valence-electron chi connectivity index (χ0n) is 8.60. The van der Waals surface area contributed by atoms with Gasteiger partial charge in [0, 0.05) is 12.7 Å². The van der Waals surface area contributed by atoms with Gasteiger partial charge in [-0.3, -0.25) is 4.98 Å². The van der Waals surface area contributed by atoms with Gasteiger partial charge in [-0.2, -0.15) is 4.98 Å². The Morgan fingerprint density at radius 1 is 1.53 bits per heavy atom. The van der Waals surface area contributed by atoms with Gasteiger partial charge < -0.3 is 10.3 Å². The number of hydrogen-bond donors (Lipinski definition) is 1. The highest BCUT2D eigenvalue weighted by molar-refractivity contribution is 7.13. The molecular formula is C9H12N4OS. The fourth-order valence-electron chi connectivity index (χ4n) is 1.01. The van der Waals surface area contributed by atoms with Gasteiger partial charge in [-0.05, 0) is 13.8 Å². The van der Waals surface area contributed by atoms with E-state index in [1.807, 2.05) is 13.8 Å². The molecule has 0 atom stereocenters. The van der Waals surface area contributed by atoms with Gasteiger partial charge in [-0.25, -0.2) is 0 Å². The van der Waals surface area contributed by atoms with Gasteiger partial charge >= 0.3 is 0 Å². The van der Waals surface area contributed by atoms with E-state index >= 15 is 0 Å². The van der Waals surface area contributed by atoms with Gasteiger partial charge in [-0.15, -0.1) is 11.3 Å². The summed E-state index contributed by atoms with van der Waals surface area (Å²) in [4.78, 5) is 9.17. The van der Waals surface area contributed by atoms with Crippen molar-refractivity contribution in [2.75, 3.05) is 6.54 Å². The van der Waals surface area contributed by atoms with E-state index in [-0.39, 0.29) is 5.41 Å². The summed E-state index contributed by atoms with van der Waals surface area (Å²) in [6.45, 7) is 4.41. The lowest BCUT2D eigenvalue weighted by Crippen LogP contribution is -2.28. The van der Waals surface area contributed by atoms with Crippen LogP contribution in [0.1, 0.15) is 19.7 Å². The van der Waals surface area contributed by atoms with Gasteiger partial charge in [-0.1, -0.05) is 5.16 Å². The van der Waals surface area contributed by atoms with Crippen molar-refractivity contribution in [1.29, 1.82) is 0 Å². The van der Waals surface area contributed by atoms with E-state index < -0.39 is 0 Å². The number of aromatic nitrogens is 3. The number of thiazole rings is 1. The predicted octanol–water partition coefficient (Wildman–Crippen LogP) is 1.43. The lowest BCUT2D eigenvalue weighted by molar-refractivity contribution is 0.311. The highest BCUT2D eigenvalue weighted by Crippen LogP contribution is 2.25. The van der Waals surface area contributed by atoms with Crippen LogP contribution in [0.2, 0.25) is 0 Å². The Bertz CT molecular complexity index is 435. The molecule has 2 N–H and O–H groups in total. The van der Waals surface area contributed by atoms with E-state index in [1.54, 1.807) is 11.7 Å². The minimum atomic E-state index is -0.282. The van der Waals surface area contributed by atoms with Crippen molar-refractivity contribution in [2.24, 2.45) is 5.73 Å². The Hall–Kier alpha value is -1.27. The second-order valence-corrected chi connectivity index (χ2v) is 4.76. The lowest BCUT2D eigenvalue weighted by Gasteiger charge is -2.15. The molecule has 0 aliphatic heterocycles. The Morgan fingerprint density at radius 3 is 2.93 bits per heavy atom. The van der Waals surface area contributed by atoms with Crippen LogP contribution in [-0.4, -0.2) is 21.7 Å². The van der Waals surface area contributed by atoms with Crippen LogP contribution in [-0.2, 0) is 5.41 Å². The summed E-state index contributed by atoms with van der Waals surface area (Å²) < 4.78 is 5.18. The Morgan fingerprint density at radius 2 is 2.33 bits per heavy atom. The van der Waals surface area contributed by atoms with E-state index in [4.69, 9.17) is 10.3 Å². The lowest BCUT2D eigenvalue weighted by atomic mass is 9.94. The predicted molar refractivity (Wildman–Crippen MR) is 57.5 cm³/mol. The standard InChI is InChI=1S/C9H12N4OS/c1-9(2,4-10)8-12-7(13-14-8)6-3-11-5-15-6/h3,5H,4,10H2,1-2H3.